The van der Waals surface area contributed by atoms with Crippen LogP contribution < -0.4 is 16.4 Å². The molecule has 1 aliphatic rings. The Bertz CT molecular complexity index is 574. The molecule has 0 aromatic heterocycles. The summed E-state index contributed by atoms with van der Waals surface area (Å²) in [5.74, 6) is -1.86. The monoisotopic (exact) mass is 279 g/mol. The summed E-state index contributed by atoms with van der Waals surface area (Å²) in [6, 6.07) is 3.38. The van der Waals surface area contributed by atoms with Gasteiger partial charge in [-0.05, 0) is 30.2 Å². The summed E-state index contributed by atoms with van der Waals surface area (Å²) in [5, 5.41) is 5.05. The van der Waals surface area contributed by atoms with Crippen LogP contribution in [0.5, 0.6) is 0 Å². The third kappa shape index (κ3) is 3.53. The second-order valence-electron chi connectivity index (χ2n) is 4.64. The zero-order valence-electron chi connectivity index (χ0n) is 10.6. The number of anilines is 1. The summed E-state index contributed by atoms with van der Waals surface area (Å²) in [6.07, 6.45) is 0.487. The van der Waals surface area contributed by atoms with Crippen LogP contribution in [0.1, 0.15) is 18.4 Å². The first-order valence-corrected chi connectivity index (χ1v) is 6.12. The quantitative estimate of drug-likeness (QED) is 0.679. The number of piperidine rings is 1. The van der Waals surface area contributed by atoms with E-state index in [9.17, 15) is 18.8 Å². The predicted octanol–water partition coefficient (Wildman–Crippen LogP) is 0.0706. The molecule has 0 bridgehead atoms. The Morgan fingerprint density at radius 1 is 1.40 bits per heavy atom. The fraction of sp³-hybridized carbons (Fsp3) is 0.308. The number of carbonyl (C=O) groups excluding carboxylic acids is 3. The number of rotatable bonds is 4. The second kappa shape index (κ2) is 5.68. The van der Waals surface area contributed by atoms with Crippen molar-refractivity contribution < 1.29 is 18.8 Å². The first-order chi connectivity index (χ1) is 9.44. The molecule has 7 heteroatoms. The molecule has 106 valence electrons. The Morgan fingerprint density at radius 2 is 2.15 bits per heavy atom. The van der Waals surface area contributed by atoms with Crippen molar-refractivity contribution in [2.24, 2.45) is 5.73 Å². The van der Waals surface area contributed by atoms with Gasteiger partial charge < -0.3 is 11.1 Å². The van der Waals surface area contributed by atoms with E-state index in [2.05, 4.69) is 10.6 Å². The third-order valence-electron chi connectivity index (χ3n) is 2.92. The highest BCUT2D eigenvalue weighted by Crippen LogP contribution is 2.18. The smallest absolute Gasteiger partial charge is 0.249 e. The largest absolute Gasteiger partial charge is 0.374 e. The molecule has 6 nitrogen and oxygen atoms in total. The highest BCUT2D eigenvalue weighted by molar-refractivity contribution is 6.01. The third-order valence-corrected chi connectivity index (χ3v) is 2.92. The van der Waals surface area contributed by atoms with Gasteiger partial charge in [0.2, 0.25) is 17.7 Å². The molecule has 0 spiro atoms. The van der Waals surface area contributed by atoms with Gasteiger partial charge in [-0.25, -0.2) is 4.39 Å². The number of nitrogens with two attached hydrogens (primary N) is 1. The normalized spacial score (nSPS) is 18.6. The lowest BCUT2D eigenvalue weighted by atomic mass is 10.0. The molecule has 3 amide bonds. The van der Waals surface area contributed by atoms with Crippen LogP contribution in [-0.4, -0.2) is 23.8 Å². The molecule has 20 heavy (non-hydrogen) atoms. The van der Waals surface area contributed by atoms with Gasteiger partial charge in [-0.1, -0.05) is 0 Å². The molecular weight excluding hydrogens is 265 g/mol. The molecule has 0 radical (unpaired) electrons. The Balaban J connectivity index is 2.12. The number of halogens is 1. The van der Waals surface area contributed by atoms with Crippen LogP contribution in [0.2, 0.25) is 0 Å². The molecule has 1 saturated heterocycles. The van der Waals surface area contributed by atoms with Crippen molar-refractivity contribution in [1.82, 2.24) is 5.32 Å². The number of nitrogens with one attached hydrogen (secondary N) is 2. The van der Waals surface area contributed by atoms with E-state index in [0.29, 0.717) is 17.7 Å². The molecule has 1 unspecified atom stereocenters. The number of hydrogen-bond donors (Lipinski definition) is 3. The topological polar surface area (TPSA) is 101 Å². The van der Waals surface area contributed by atoms with Crippen molar-refractivity contribution >= 4 is 23.4 Å². The van der Waals surface area contributed by atoms with E-state index in [1.165, 1.54) is 12.1 Å². The van der Waals surface area contributed by atoms with Crippen molar-refractivity contribution in [1.29, 1.82) is 0 Å². The van der Waals surface area contributed by atoms with Crippen LogP contribution in [0.25, 0.3) is 0 Å². The van der Waals surface area contributed by atoms with Crippen molar-refractivity contribution in [2.45, 2.75) is 25.3 Å². The predicted molar refractivity (Wildman–Crippen MR) is 69.1 cm³/mol. The minimum Gasteiger partial charge on any atom is -0.374 e. The zero-order valence-corrected chi connectivity index (χ0v) is 10.6. The molecule has 1 atom stereocenters. The first-order valence-electron chi connectivity index (χ1n) is 6.12. The number of amides is 3. The van der Waals surface area contributed by atoms with Gasteiger partial charge >= 0.3 is 0 Å². The van der Waals surface area contributed by atoms with Crippen LogP contribution in [0, 0.1) is 5.82 Å². The Hall–Kier alpha value is -2.44. The van der Waals surface area contributed by atoms with Gasteiger partial charge in [-0.2, -0.15) is 0 Å². The van der Waals surface area contributed by atoms with E-state index < -0.39 is 23.7 Å². The molecule has 1 fully saturated rings. The standard InChI is InChI=1S/C13H14FN3O3/c14-8-3-7(5-11(15)18)4-9(6-8)16-10-1-2-12(19)17-13(10)20/h3-4,6,10,16H,1-2,5H2,(H2,15,18)(H,17,19,20). The maximum absolute atomic E-state index is 13.4. The van der Waals surface area contributed by atoms with Crippen molar-refractivity contribution in [3.8, 4) is 0 Å². The molecule has 1 aromatic carbocycles. The number of benzene rings is 1. The summed E-state index contributed by atoms with van der Waals surface area (Å²) < 4.78 is 13.4. The highest BCUT2D eigenvalue weighted by Gasteiger charge is 2.26. The van der Waals surface area contributed by atoms with Crippen molar-refractivity contribution in [3.05, 3.63) is 29.6 Å². The summed E-state index contributed by atoms with van der Waals surface area (Å²) in [5.41, 5.74) is 5.86. The molecule has 0 saturated carbocycles. The van der Waals surface area contributed by atoms with Crippen molar-refractivity contribution in [3.63, 3.8) is 0 Å². The average molecular weight is 279 g/mol. The molecule has 1 aliphatic heterocycles. The van der Waals surface area contributed by atoms with Gasteiger partial charge in [-0.3, -0.25) is 19.7 Å². The average Bonchev–Trinajstić information content (AvgIpc) is 2.31. The molecule has 1 heterocycles. The fourth-order valence-corrected chi connectivity index (χ4v) is 2.07. The summed E-state index contributed by atoms with van der Waals surface area (Å²) in [6.45, 7) is 0. The molecule has 2 rings (SSSR count). The number of carbonyl (C=O) groups is 3. The minimum absolute atomic E-state index is 0.0816. The minimum atomic E-state index is -0.601. The molecule has 1 aromatic rings. The SMILES string of the molecule is NC(=O)Cc1cc(F)cc(NC2CCC(=O)NC2=O)c1. The van der Waals surface area contributed by atoms with E-state index in [0.717, 1.165) is 0 Å². The van der Waals surface area contributed by atoms with Crippen LogP contribution in [-0.2, 0) is 20.8 Å². The van der Waals surface area contributed by atoms with Gasteiger partial charge in [-0.15, -0.1) is 0 Å². The van der Waals surface area contributed by atoms with Crippen LogP contribution in [0.15, 0.2) is 18.2 Å². The Labute approximate surface area is 114 Å². The lowest BCUT2D eigenvalue weighted by Gasteiger charge is -2.23. The van der Waals surface area contributed by atoms with E-state index in [-0.39, 0.29) is 18.7 Å². The first kappa shape index (κ1) is 14.0. The maximum Gasteiger partial charge on any atom is 0.249 e. The van der Waals surface area contributed by atoms with Gasteiger partial charge in [0, 0.05) is 12.1 Å². The lowest BCUT2D eigenvalue weighted by molar-refractivity contribution is -0.133. The lowest BCUT2D eigenvalue weighted by Crippen LogP contribution is -2.47. The summed E-state index contributed by atoms with van der Waals surface area (Å²) >= 11 is 0. The van der Waals surface area contributed by atoms with E-state index in [1.807, 2.05) is 0 Å². The second-order valence-corrected chi connectivity index (χ2v) is 4.64. The van der Waals surface area contributed by atoms with Gasteiger partial charge in [0.25, 0.3) is 0 Å². The molecule has 0 aliphatic carbocycles. The Kier molecular flexibility index (Phi) is 3.97. The highest BCUT2D eigenvalue weighted by atomic mass is 19.1. The summed E-state index contributed by atoms with van der Waals surface area (Å²) in [7, 11) is 0. The zero-order chi connectivity index (χ0) is 14.7. The van der Waals surface area contributed by atoms with Gasteiger partial charge in [0.1, 0.15) is 11.9 Å². The molecular formula is C13H14FN3O3. The van der Waals surface area contributed by atoms with Crippen LogP contribution >= 0.6 is 0 Å². The van der Waals surface area contributed by atoms with Crippen molar-refractivity contribution in [2.75, 3.05) is 5.32 Å². The van der Waals surface area contributed by atoms with Crippen LogP contribution in [0.4, 0.5) is 10.1 Å². The van der Waals surface area contributed by atoms with E-state index in [4.69, 9.17) is 5.73 Å². The summed E-state index contributed by atoms with van der Waals surface area (Å²) in [4.78, 5) is 33.5. The number of primary amides is 1. The van der Waals surface area contributed by atoms with Gasteiger partial charge in [0.15, 0.2) is 0 Å². The molecule has 4 N–H and O–H groups in total. The van der Waals surface area contributed by atoms with E-state index in [1.54, 1.807) is 6.07 Å². The maximum atomic E-state index is 13.4. The van der Waals surface area contributed by atoms with Gasteiger partial charge in [0.05, 0.1) is 6.42 Å². The number of imide groups is 1. The number of hydrogen-bond acceptors (Lipinski definition) is 4. The van der Waals surface area contributed by atoms with E-state index >= 15 is 0 Å². The van der Waals surface area contributed by atoms with Crippen LogP contribution in [0.3, 0.4) is 0 Å². The fourth-order valence-electron chi connectivity index (χ4n) is 2.07. The Morgan fingerprint density at radius 3 is 2.80 bits per heavy atom.